The molecule has 0 aromatic rings. The molecule has 3 fully saturated rings. The van der Waals surface area contributed by atoms with Crippen LogP contribution in [-0.4, -0.2) is 179 Å². The number of likely N-dealkylation sites (N-methyl/N-ethyl adjacent to an activating group) is 2. The van der Waals surface area contributed by atoms with E-state index in [0.717, 1.165) is 6.42 Å². The van der Waals surface area contributed by atoms with Crippen LogP contribution < -0.4 is 5.32 Å². The highest BCUT2D eigenvalue weighted by atomic mass is 16.7. The summed E-state index contributed by atoms with van der Waals surface area (Å²) in [4.78, 5) is 18.2. The molecule has 0 aliphatic carbocycles. The van der Waals surface area contributed by atoms with Gasteiger partial charge in [0.1, 0.15) is 35.1 Å². The zero-order chi connectivity index (χ0) is 43.4. The van der Waals surface area contributed by atoms with Crippen molar-refractivity contribution < 1.29 is 58.7 Å². The molecular weight excluding hydrogens is 738 g/mol. The molecule has 15 nitrogen and oxygen atoms in total. The third-order valence-corrected chi connectivity index (χ3v) is 13.5. The summed E-state index contributed by atoms with van der Waals surface area (Å²) in [5.74, 6) is -2.65. The summed E-state index contributed by atoms with van der Waals surface area (Å²) < 4.78 is 38.4. The summed E-state index contributed by atoms with van der Waals surface area (Å²) in [6.07, 6.45) is -6.68. The first-order valence-corrected chi connectivity index (χ1v) is 21.3. The van der Waals surface area contributed by atoms with Gasteiger partial charge in [-0.3, -0.25) is 4.79 Å². The highest BCUT2D eigenvalue weighted by Gasteiger charge is 2.58. The van der Waals surface area contributed by atoms with Crippen LogP contribution >= 0.6 is 0 Å². The number of rotatable bonds is 11. The fourth-order valence-electron chi connectivity index (χ4n) is 9.58. The van der Waals surface area contributed by atoms with Crippen LogP contribution in [0.15, 0.2) is 0 Å². The van der Waals surface area contributed by atoms with Crippen molar-refractivity contribution in [3.8, 4) is 0 Å². The maximum Gasteiger partial charge on any atom is 0.311 e. The Morgan fingerprint density at radius 3 is 2.16 bits per heavy atom. The van der Waals surface area contributed by atoms with Crippen LogP contribution in [0.1, 0.15) is 108 Å². The fraction of sp³-hybridized carbons (Fsp3) is 0.976. The lowest BCUT2D eigenvalue weighted by Crippen LogP contribution is -2.70. The van der Waals surface area contributed by atoms with Crippen molar-refractivity contribution in [3.63, 3.8) is 0 Å². The van der Waals surface area contributed by atoms with Crippen LogP contribution in [0.2, 0.25) is 0 Å². The molecule has 336 valence electrons. The average molecular weight is 820 g/mol. The molecule has 15 heteroatoms. The van der Waals surface area contributed by atoms with E-state index in [-0.39, 0.29) is 43.9 Å². The number of aliphatic hydroxyl groups excluding tert-OH is 2. The highest BCUT2D eigenvalue weighted by molar-refractivity contribution is 5.73. The summed E-state index contributed by atoms with van der Waals surface area (Å²) >= 11 is 0. The van der Waals surface area contributed by atoms with Crippen LogP contribution in [-0.2, 0) is 33.2 Å². The number of carbonyl (C=O) groups is 1. The number of ether oxygens (including phenoxy) is 6. The molecule has 3 heterocycles. The Morgan fingerprint density at radius 1 is 0.965 bits per heavy atom. The predicted octanol–water partition coefficient (Wildman–Crippen LogP) is 2.27. The van der Waals surface area contributed by atoms with Gasteiger partial charge in [-0.25, -0.2) is 0 Å². The zero-order valence-electron chi connectivity index (χ0n) is 37.7. The molecule has 3 saturated heterocycles. The molecule has 6 N–H and O–H groups in total. The number of nitrogens with one attached hydrogen (secondary N) is 1. The minimum atomic E-state index is -1.81. The Kier molecular flexibility index (Phi) is 17.8. The molecule has 18 atom stereocenters. The number of methoxy groups -OCH3 is 1. The number of carbonyl (C=O) groups excluding carboxylic acids is 1. The largest absolute Gasteiger partial charge is 0.459 e. The minimum Gasteiger partial charge on any atom is -0.459 e. The molecule has 0 aromatic heterocycles. The second kappa shape index (κ2) is 20.2. The van der Waals surface area contributed by atoms with Gasteiger partial charge >= 0.3 is 5.97 Å². The minimum absolute atomic E-state index is 0.0945. The standard InChI is InChI=1S/C42H81N3O12/c1-16-18-43-23-42(51)29(8)54-32(21-40(42,10)52-15)56-34-26(5)36(57-38-33(46)30(44(12)13)19-25(4)53-38)39(9,49)20-24(3)22-45(14)28(7)35(47)41(11,50)31(17-2)55-37(48)27(34)6/h24-36,38,43,46-47,49-51H,16-23H2,1-15H3/t24-,25-,26+,27-,28-,29+,30+,31-,32+,33-,34+,35-,36-,38+,39-,40-,41-,42+/m1/s1. The lowest BCUT2D eigenvalue weighted by atomic mass is 9.75. The zero-order valence-corrected chi connectivity index (χ0v) is 37.7. The fourth-order valence-corrected chi connectivity index (χ4v) is 9.58. The van der Waals surface area contributed by atoms with Crippen LogP contribution in [0.5, 0.6) is 0 Å². The van der Waals surface area contributed by atoms with E-state index in [9.17, 15) is 30.3 Å². The third kappa shape index (κ3) is 11.3. The molecule has 0 saturated carbocycles. The van der Waals surface area contributed by atoms with Crippen LogP contribution in [0.3, 0.4) is 0 Å². The van der Waals surface area contributed by atoms with Gasteiger partial charge in [0, 0.05) is 44.6 Å². The highest BCUT2D eigenvalue weighted by Crippen LogP contribution is 2.43. The van der Waals surface area contributed by atoms with Crippen molar-refractivity contribution in [2.45, 2.75) is 198 Å². The van der Waals surface area contributed by atoms with Gasteiger partial charge in [-0.05, 0) is 108 Å². The molecule has 57 heavy (non-hydrogen) atoms. The molecular formula is C42H81N3O12. The van der Waals surface area contributed by atoms with Crippen molar-refractivity contribution in [2.75, 3.05) is 47.9 Å². The van der Waals surface area contributed by atoms with Crippen molar-refractivity contribution in [1.82, 2.24) is 15.1 Å². The van der Waals surface area contributed by atoms with E-state index >= 15 is 0 Å². The van der Waals surface area contributed by atoms with E-state index in [1.807, 2.05) is 65.6 Å². The van der Waals surface area contributed by atoms with E-state index in [1.54, 1.807) is 34.6 Å². The Balaban J connectivity index is 2.18. The molecule has 0 radical (unpaired) electrons. The first kappa shape index (κ1) is 50.3. The van der Waals surface area contributed by atoms with Gasteiger partial charge < -0.3 is 69.1 Å². The van der Waals surface area contributed by atoms with E-state index in [1.165, 1.54) is 14.0 Å². The maximum absolute atomic E-state index is 14.4. The Hall–Kier alpha value is -1.05. The lowest BCUT2D eigenvalue weighted by molar-refractivity contribution is -0.336. The number of esters is 1. The smallest absolute Gasteiger partial charge is 0.311 e. The van der Waals surface area contributed by atoms with Crippen molar-refractivity contribution >= 4 is 5.97 Å². The van der Waals surface area contributed by atoms with Gasteiger partial charge in [0.05, 0.1) is 35.9 Å². The second-order valence-corrected chi connectivity index (χ2v) is 18.7. The SMILES string of the molecule is CCCNC[C@]1(O)[C@H](C)O[C@@H](O[C@H]2[C@H](C)[C@@H](O[C@@H]3O[C@H](C)C[C@H](N(C)C)[C@H]3O)[C@](C)(O)C[C@@H](C)CN(C)[C@H](C)[C@@H](O)[C@](C)(O)[C@@H](CC)OC(=O)[C@@H]2C)C[C@@]1(C)OC. The van der Waals surface area contributed by atoms with Crippen molar-refractivity contribution in [3.05, 3.63) is 0 Å². The summed E-state index contributed by atoms with van der Waals surface area (Å²) in [5, 5.41) is 63.0. The third-order valence-electron chi connectivity index (χ3n) is 13.5. The van der Waals surface area contributed by atoms with Gasteiger partial charge in [0.25, 0.3) is 0 Å². The maximum atomic E-state index is 14.4. The molecule has 0 aromatic carbocycles. The molecule has 3 aliphatic rings. The van der Waals surface area contributed by atoms with Gasteiger partial charge in [0.15, 0.2) is 12.6 Å². The summed E-state index contributed by atoms with van der Waals surface area (Å²) in [6.45, 7) is 21.1. The molecule has 0 spiro atoms. The number of aliphatic hydroxyl groups is 5. The first-order valence-electron chi connectivity index (χ1n) is 21.3. The van der Waals surface area contributed by atoms with Crippen molar-refractivity contribution in [2.24, 2.45) is 17.8 Å². The van der Waals surface area contributed by atoms with E-state index in [4.69, 9.17) is 28.4 Å². The summed E-state index contributed by atoms with van der Waals surface area (Å²) in [7, 11) is 7.16. The van der Waals surface area contributed by atoms with Gasteiger partial charge in [0.2, 0.25) is 0 Å². The van der Waals surface area contributed by atoms with E-state index < -0.39 is 95.5 Å². The van der Waals surface area contributed by atoms with Crippen LogP contribution in [0.4, 0.5) is 0 Å². The number of hydrogen-bond donors (Lipinski definition) is 6. The Bertz CT molecular complexity index is 1260. The number of nitrogens with zero attached hydrogens (tertiary/aromatic N) is 2. The molecule has 0 bridgehead atoms. The lowest BCUT2D eigenvalue weighted by Gasteiger charge is -2.53. The number of cyclic esters (lactones) is 1. The van der Waals surface area contributed by atoms with Gasteiger partial charge in [-0.1, -0.05) is 27.7 Å². The number of hydrogen-bond acceptors (Lipinski definition) is 15. The predicted molar refractivity (Wildman–Crippen MR) is 216 cm³/mol. The van der Waals surface area contributed by atoms with E-state index in [2.05, 4.69) is 5.32 Å². The molecule has 3 rings (SSSR count). The quantitative estimate of drug-likeness (QED) is 0.131. The average Bonchev–Trinajstić information content (AvgIpc) is 3.12. The summed E-state index contributed by atoms with van der Waals surface area (Å²) in [6, 6.07) is -0.827. The normalized spacial score (nSPS) is 47.6. The first-order chi connectivity index (χ1) is 26.3. The Morgan fingerprint density at radius 2 is 1.60 bits per heavy atom. The molecule has 0 unspecified atom stereocenters. The van der Waals surface area contributed by atoms with Gasteiger partial charge in [-0.15, -0.1) is 0 Å². The molecule has 0 amide bonds. The van der Waals surface area contributed by atoms with Gasteiger partial charge in [-0.2, -0.15) is 0 Å². The van der Waals surface area contributed by atoms with Crippen LogP contribution in [0, 0.1) is 17.8 Å². The monoisotopic (exact) mass is 820 g/mol. The Labute approximate surface area is 343 Å². The van der Waals surface area contributed by atoms with Crippen LogP contribution in [0.25, 0.3) is 0 Å². The topological polar surface area (TPSA) is 192 Å². The summed E-state index contributed by atoms with van der Waals surface area (Å²) in [5.41, 5.74) is -5.96. The second-order valence-electron chi connectivity index (χ2n) is 18.7. The van der Waals surface area contributed by atoms with Crippen molar-refractivity contribution in [1.29, 1.82) is 0 Å². The molecule has 3 aliphatic heterocycles. The van der Waals surface area contributed by atoms with E-state index in [0.29, 0.717) is 19.5 Å².